The fourth-order valence-electron chi connectivity index (χ4n) is 5.31. The number of nitrogens with two attached hydrogens (primary N) is 3. The molecule has 1 saturated heterocycles. The Morgan fingerprint density at radius 3 is 2.21 bits per heavy atom. The molecular formula is C31H46N10O7. The molecule has 2 aromatic rings. The van der Waals surface area contributed by atoms with Crippen LogP contribution in [0.4, 0.5) is 0 Å². The van der Waals surface area contributed by atoms with E-state index in [-0.39, 0.29) is 62.9 Å². The molecule has 1 aromatic heterocycles. The van der Waals surface area contributed by atoms with Gasteiger partial charge in [-0.1, -0.05) is 32.0 Å². The van der Waals surface area contributed by atoms with E-state index in [1.807, 2.05) is 38.1 Å². The Morgan fingerprint density at radius 1 is 0.938 bits per heavy atom. The highest BCUT2D eigenvalue weighted by Gasteiger charge is 2.33. The molecule has 1 aliphatic heterocycles. The summed E-state index contributed by atoms with van der Waals surface area (Å²) >= 11 is 0. The zero-order chi connectivity index (χ0) is 35.4. The van der Waals surface area contributed by atoms with Crippen LogP contribution in [0.25, 0.3) is 10.9 Å². The largest absolute Gasteiger partial charge is 0.394 e. The fraction of sp³-hybridized carbons (Fsp3) is 0.516. The van der Waals surface area contributed by atoms with Crippen molar-refractivity contribution in [1.29, 1.82) is 0 Å². The standard InChI is InChI=1S/C31H46N10O7/c1-16(2)12-23(40-30(48)24(15-42)41-28(46)21-9-10-25(43)37-21)29(47)38-20(8-5-11-35-31(33)34)27(45)39-22(26(32)44)13-17-14-36-19-7-4-3-6-18(17)19/h3-4,6-7,14,16,20-24,36,42H,5,8-13,15H2,1-2H3,(H2,32,44)(H,37,43)(H,38,47)(H,39,45)(H,40,48)(H,41,46)(H4,33,34,35)/t20-,21+,22+,23+,24+/m1/s1. The Morgan fingerprint density at radius 2 is 1.58 bits per heavy atom. The number of hydrogen-bond acceptors (Lipinski definition) is 8. The van der Waals surface area contributed by atoms with Gasteiger partial charge in [-0.25, -0.2) is 0 Å². The maximum absolute atomic E-state index is 13.6. The summed E-state index contributed by atoms with van der Waals surface area (Å²) in [5.41, 5.74) is 18.1. The van der Waals surface area contributed by atoms with Crippen LogP contribution in [0.3, 0.4) is 0 Å². The summed E-state index contributed by atoms with van der Waals surface area (Å²) in [6.07, 6.45) is 2.71. The number of hydrogen-bond donors (Lipinski definition) is 10. The third kappa shape index (κ3) is 11.0. The second kappa shape index (κ2) is 17.7. The number of fused-ring (bicyclic) bond motifs is 1. The highest BCUT2D eigenvalue weighted by molar-refractivity contribution is 5.97. The Bertz CT molecular complexity index is 1500. The van der Waals surface area contributed by atoms with Gasteiger partial charge in [0.15, 0.2) is 5.96 Å². The van der Waals surface area contributed by atoms with Crippen LogP contribution < -0.4 is 43.8 Å². The van der Waals surface area contributed by atoms with Crippen molar-refractivity contribution in [3.8, 4) is 0 Å². The van der Waals surface area contributed by atoms with Crippen molar-refractivity contribution in [1.82, 2.24) is 31.6 Å². The number of H-pyrrole nitrogens is 1. The molecule has 1 aliphatic rings. The number of aromatic nitrogens is 1. The monoisotopic (exact) mass is 670 g/mol. The number of primary amides is 1. The summed E-state index contributed by atoms with van der Waals surface area (Å²) in [5.74, 6) is -4.20. The number of rotatable bonds is 18. The smallest absolute Gasteiger partial charge is 0.245 e. The second-order valence-electron chi connectivity index (χ2n) is 12.1. The van der Waals surface area contributed by atoms with E-state index in [9.17, 15) is 33.9 Å². The van der Waals surface area contributed by atoms with Crippen molar-refractivity contribution in [2.45, 2.75) is 82.6 Å². The number of carbonyl (C=O) groups is 6. The van der Waals surface area contributed by atoms with Gasteiger partial charge in [0.25, 0.3) is 0 Å². The van der Waals surface area contributed by atoms with E-state index in [1.165, 1.54) is 0 Å². The lowest BCUT2D eigenvalue weighted by atomic mass is 10.0. The van der Waals surface area contributed by atoms with E-state index in [4.69, 9.17) is 17.2 Å². The first-order chi connectivity index (χ1) is 22.8. The summed E-state index contributed by atoms with van der Waals surface area (Å²) < 4.78 is 0. The number of nitrogens with zero attached hydrogens (tertiary/aromatic N) is 1. The molecule has 17 heteroatoms. The van der Waals surface area contributed by atoms with Crippen LogP contribution in [0.2, 0.25) is 0 Å². The fourth-order valence-corrected chi connectivity index (χ4v) is 5.31. The molecule has 48 heavy (non-hydrogen) atoms. The second-order valence-corrected chi connectivity index (χ2v) is 12.1. The van der Waals surface area contributed by atoms with Gasteiger partial charge in [-0.05, 0) is 43.2 Å². The normalized spacial score (nSPS) is 16.7. The van der Waals surface area contributed by atoms with Crippen LogP contribution in [0.5, 0.6) is 0 Å². The Hall–Kier alpha value is -5.19. The van der Waals surface area contributed by atoms with Gasteiger partial charge in [0.1, 0.15) is 30.2 Å². The minimum atomic E-state index is -1.41. The maximum Gasteiger partial charge on any atom is 0.245 e. The molecule has 0 radical (unpaired) electrons. The van der Waals surface area contributed by atoms with Gasteiger partial charge in [0.2, 0.25) is 35.4 Å². The first-order valence-corrected chi connectivity index (χ1v) is 15.8. The van der Waals surface area contributed by atoms with Gasteiger partial charge in [-0.3, -0.25) is 33.8 Å². The third-order valence-corrected chi connectivity index (χ3v) is 7.80. The first kappa shape index (κ1) is 37.3. The van der Waals surface area contributed by atoms with Gasteiger partial charge >= 0.3 is 0 Å². The van der Waals surface area contributed by atoms with Crippen LogP contribution in [0.15, 0.2) is 35.5 Å². The molecule has 1 fully saturated rings. The lowest BCUT2D eigenvalue weighted by Crippen LogP contribution is -2.59. The minimum Gasteiger partial charge on any atom is -0.394 e. The number of aliphatic hydroxyl groups excluding tert-OH is 1. The summed E-state index contributed by atoms with van der Waals surface area (Å²) in [5, 5.41) is 23.5. The van der Waals surface area contributed by atoms with Crippen LogP contribution in [-0.2, 0) is 35.2 Å². The number of amides is 6. The zero-order valence-corrected chi connectivity index (χ0v) is 27.1. The van der Waals surface area contributed by atoms with E-state index < -0.39 is 66.4 Å². The zero-order valence-electron chi connectivity index (χ0n) is 27.1. The van der Waals surface area contributed by atoms with E-state index in [0.29, 0.717) is 0 Å². The average molecular weight is 671 g/mol. The molecule has 262 valence electrons. The number of aliphatic hydroxyl groups is 1. The lowest BCUT2D eigenvalue weighted by molar-refractivity contribution is -0.135. The highest BCUT2D eigenvalue weighted by atomic mass is 16.3. The third-order valence-electron chi connectivity index (χ3n) is 7.80. The maximum atomic E-state index is 13.6. The molecule has 0 unspecified atom stereocenters. The van der Waals surface area contributed by atoms with Crippen molar-refractivity contribution in [2.24, 2.45) is 28.1 Å². The molecule has 0 saturated carbocycles. The summed E-state index contributed by atoms with van der Waals surface area (Å²) in [6.45, 7) is 3.03. The Kier molecular flexibility index (Phi) is 13.7. The molecule has 1 aromatic carbocycles. The Balaban J connectivity index is 1.74. The van der Waals surface area contributed by atoms with Crippen LogP contribution in [-0.4, -0.2) is 94.9 Å². The number of guanidine groups is 1. The number of nitrogens with one attached hydrogen (secondary N) is 6. The number of aromatic amines is 1. The van der Waals surface area contributed by atoms with Gasteiger partial charge in [0.05, 0.1) is 6.61 Å². The quantitative estimate of drug-likeness (QED) is 0.0455. The number of carbonyl (C=O) groups excluding carboxylic acids is 6. The summed E-state index contributed by atoms with van der Waals surface area (Å²) in [6, 6.07) is 1.74. The molecule has 5 atom stereocenters. The van der Waals surface area contributed by atoms with E-state index in [1.54, 1.807) is 6.20 Å². The average Bonchev–Trinajstić information content (AvgIpc) is 3.66. The molecular weight excluding hydrogens is 624 g/mol. The molecule has 0 bridgehead atoms. The van der Waals surface area contributed by atoms with Gasteiger partial charge in [-0.2, -0.15) is 0 Å². The van der Waals surface area contributed by atoms with Crippen LogP contribution >= 0.6 is 0 Å². The van der Waals surface area contributed by atoms with Gasteiger partial charge in [0, 0.05) is 36.5 Å². The van der Waals surface area contributed by atoms with Crippen molar-refractivity contribution >= 4 is 52.3 Å². The predicted octanol–water partition coefficient (Wildman–Crippen LogP) is -2.49. The van der Waals surface area contributed by atoms with Crippen molar-refractivity contribution in [3.05, 3.63) is 36.0 Å². The van der Waals surface area contributed by atoms with Gasteiger partial charge in [-0.15, -0.1) is 0 Å². The Labute approximate surface area is 277 Å². The molecule has 6 amide bonds. The van der Waals surface area contributed by atoms with E-state index >= 15 is 0 Å². The number of benzene rings is 1. The number of aliphatic imine (C=N–C) groups is 1. The molecule has 0 spiro atoms. The van der Waals surface area contributed by atoms with E-state index in [0.717, 1.165) is 16.5 Å². The summed E-state index contributed by atoms with van der Waals surface area (Å²) in [4.78, 5) is 83.8. The summed E-state index contributed by atoms with van der Waals surface area (Å²) in [7, 11) is 0. The SMILES string of the molecule is CC(C)C[C@H](NC(=O)[C@H](CO)NC(=O)[C@@H]1CCC(=O)N1)C(=O)N[C@H](CCCN=C(N)N)C(=O)N[C@@H](Cc1c[nH]c2ccccc12)C(N)=O. The molecule has 17 nitrogen and oxygen atoms in total. The molecule has 3 rings (SSSR count). The first-order valence-electron chi connectivity index (χ1n) is 15.8. The van der Waals surface area contributed by atoms with Crippen molar-refractivity contribution in [3.63, 3.8) is 0 Å². The predicted molar refractivity (Wildman–Crippen MR) is 177 cm³/mol. The molecule has 13 N–H and O–H groups in total. The lowest BCUT2D eigenvalue weighted by Gasteiger charge is -2.27. The van der Waals surface area contributed by atoms with Crippen molar-refractivity contribution in [2.75, 3.05) is 13.2 Å². The minimum absolute atomic E-state index is 0.0672. The highest BCUT2D eigenvalue weighted by Crippen LogP contribution is 2.19. The molecule has 0 aliphatic carbocycles. The van der Waals surface area contributed by atoms with Gasteiger partial charge < -0.3 is 53.9 Å². The van der Waals surface area contributed by atoms with Crippen LogP contribution in [0.1, 0.15) is 51.5 Å². The number of para-hydroxylation sites is 1. The van der Waals surface area contributed by atoms with Crippen molar-refractivity contribution < 1.29 is 33.9 Å². The topological polar surface area (TPSA) is 289 Å². The molecule has 2 heterocycles. The van der Waals surface area contributed by atoms with Crippen LogP contribution in [0, 0.1) is 5.92 Å². The van der Waals surface area contributed by atoms with E-state index in [2.05, 4.69) is 36.6 Å².